The van der Waals surface area contributed by atoms with Crippen molar-refractivity contribution in [3.63, 3.8) is 0 Å². The number of aromatic hydroxyl groups is 1. The Balaban J connectivity index is 0.710. The predicted octanol–water partition coefficient (Wildman–Crippen LogP) is 5.60. The summed E-state index contributed by atoms with van der Waals surface area (Å²) in [6, 6.07) is 7.28. The van der Waals surface area contributed by atoms with Crippen LogP contribution < -0.4 is 25.2 Å². The summed E-state index contributed by atoms with van der Waals surface area (Å²) in [6.07, 6.45) is 2.96. The van der Waals surface area contributed by atoms with Gasteiger partial charge in [-0.25, -0.2) is 4.39 Å². The number of ether oxygens (including phenoxy) is 1. The van der Waals surface area contributed by atoms with E-state index in [1.54, 1.807) is 4.90 Å². The standard InChI is InChI=1S/C48H53ClF4N10O5/c49-36-19-32(64)18-34(39(36)48(51,52)53)41-40(50)42-35(20-54-41)43(62-23-29-1-2-30(24-62)55-29)58-46(57-42)68-26-47(9-10-47)25-60-11-7-27(8-12-60)21-59-13-15-61(16-14-59)31-3-4-33-28(17-31)22-63(45(33)67)37-5-6-38(65)56-44(37)66/h3-4,17-20,27,29-30,37,55,64H,1-2,5-16,21-26H2,(H,56,65,66)/t29?,30?,37-/m0/s1. The summed E-state index contributed by atoms with van der Waals surface area (Å²) < 4.78 is 65.9. The van der Waals surface area contributed by atoms with E-state index in [1.165, 1.54) is 6.20 Å². The van der Waals surface area contributed by atoms with Crippen molar-refractivity contribution in [1.29, 1.82) is 0 Å². The molecule has 360 valence electrons. The number of alkyl halides is 3. The van der Waals surface area contributed by atoms with Gasteiger partial charge in [0.1, 0.15) is 28.8 Å². The van der Waals surface area contributed by atoms with Gasteiger partial charge < -0.3 is 34.8 Å². The van der Waals surface area contributed by atoms with E-state index >= 15 is 4.39 Å². The van der Waals surface area contributed by atoms with Gasteiger partial charge in [-0.15, -0.1) is 0 Å². The lowest BCUT2D eigenvalue weighted by Crippen LogP contribution is -2.52. The molecule has 6 fully saturated rings. The molecule has 0 radical (unpaired) electrons. The number of piperazine rings is 2. The molecule has 8 heterocycles. The van der Waals surface area contributed by atoms with E-state index in [1.807, 2.05) is 12.1 Å². The number of hydrogen-bond donors (Lipinski definition) is 3. The molecule has 5 saturated heterocycles. The Morgan fingerprint density at radius 2 is 1.63 bits per heavy atom. The van der Waals surface area contributed by atoms with Gasteiger partial charge in [-0.3, -0.25) is 29.6 Å². The first kappa shape index (κ1) is 45.1. The third kappa shape index (κ3) is 8.79. The molecule has 2 bridgehead atoms. The minimum absolute atomic E-state index is 0.0489. The van der Waals surface area contributed by atoms with Crippen LogP contribution in [0.15, 0.2) is 36.5 Å². The van der Waals surface area contributed by atoms with E-state index in [2.05, 4.69) is 46.3 Å². The number of hydrogen-bond acceptors (Lipinski definition) is 13. The van der Waals surface area contributed by atoms with Crippen LogP contribution in [0.4, 0.5) is 29.1 Å². The molecule has 1 saturated carbocycles. The fraction of sp³-hybridized carbons (Fsp3) is 0.542. The first-order valence-electron chi connectivity index (χ1n) is 23.7. The molecular weight excluding hydrogens is 908 g/mol. The van der Waals surface area contributed by atoms with Gasteiger partial charge >= 0.3 is 12.2 Å². The Bertz CT molecular complexity index is 2660. The van der Waals surface area contributed by atoms with E-state index in [4.69, 9.17) is 21.3 Å². The smallest absolute Gasteiger partial charge is 0.418 e. The second kappa shape index (κ2) is 17.5. The Morgan fingerprint density at radius 1 is 0.882 bits per heavy atom. The maximum Gasteiger partial charge on any atom is 0.418 e. The number of carbonyl (C=O) groups excluding carboxylic acids is 3. The van der Waals surface area contributed by atoms with Crippen LogP contribution in [0.2, 0.25) is 5.02 Å². The number of halogens is 5. The summed E-state index contributed by atoms with van der Waals surface area (Å²) in [4.78, 5) is 61.9. The van der Waals surface area contributed by atoms with Crippen molar-refractivity contribution >= 4 is 51.7 Å². The van der Waals surface area contributed by atoms with Gasteiger partial charge in [0.15, 0.2) is 5.82 Å². The third-order valence-electron chi connectivity index (χ3n) is 15.3. The van der Waals surface area contributed by atoms with Crippen molar-refractivity contribution in [3.05, 3.63) is 64.1 Å². The predicted molar refractivity (Wildman–Crippen MR) is 244 cm³/mol. The lowest BCUT2D eigenvalue weighted by Gasteiger charge is -2.40. The number of phenolic OH excluding ortho intramolecular Hbond substituents is 1. The number of benzene rings is 2. The molecule has 0 spiro atoms. The fourth-order valence-electron chi connectivity index (χ4n) is 11.4. The molecule has 11 rings (SSSR count). The Hall–Kier alpha value is -5.37. The number of rotatable bonds is 11. The molecule has 3 atom stereocenters. The molecule has 2 unspecified atom stereocenters. The minimum atomic E-state index is -4.95. The number of nitrogens with one attached hydrogen (secondary N) is 2. The first-order chi connectivity index (χ1) is 32.7. The van der Waals surface area contributed by atoms with E-state index < -0.39 is 51.5 Å². The van der Waals surface area contributed by atoms with Crippen LogP contribution in [0, 0.1) is 17.2 Å². The molecule has 20 heteroatoms. The van der Waals surface area contributed by atoms with Crippen molar-refractivity contribution in [2.75, 3.05) is 81.9 Å². The van der Waals surface area contributed by atoms with Gasteiger partial charge in [-0.2, -0.15) is 23.1 Å². The largest absolute Gasteiger partial charge is 0.508 e. The second-order valence-corrected chi connectivity index (χ2v) is 20.3. The number of nitrogens with zero attached hydrogens (tertiary/aromatic N) is 8. The normalized spacial score (nSPS) is 24.5. The number of piperidine rings is 2. The SMILES string of the molecule is O=C1CC[C@H](N2Cc3cc(N4CCN(CC5CCN(CC6(COc7nc(N8CC9CCC(C8)N9)c8cnc(-c9cc(O)cc(Cl)c9C(F)(F)F)c(F)c8n7)CC6)CC5)CC4)ccc3C2=O)C(=O)N1. The van der Waals surface area contributed by atoms with Crippen LogP contribution in [0.1, 0.15) is 72.9 Å². The van der Waals surface area contributed by atoms with Crippen molar-refractivity contribution in [3.8, 4) is 23.0 Å². The number of likely N-dealkylation sites (tertiary alicyclic amines) is 1. The fourth-order valence-corrected chi connectivity index (χ4v) is 11.7. The molecule has 2 aromatic heterocycles. The van der Waals surface area contributed by atoms with Gasteiger partial charge in [-0.05, 0) is 99.8 Å². The van der Waals surface area contributed by atoms with Gasteiger partial charge in [0, 0.05) is 106 Å². The van der Waals surface area contributed by atoms with Crippen LogP contribution in [-0.2, 0) is 22.3 Å². The molecule has 15 nitrogen and oxygen atoms in total. The molecule has 6 aliphatic heterocycles. The maximum atomic E-state index is 16.7. The highest BCUT2D eigenvalue weighted by molar-refractivity contribution is 6.32. The van der Waals surface area contributed by atoms with E-state index in [0.29, 0.717) is 50.0 Å². The number of anilines is 2. The molecule has 7 aliphatic rings. The Morgan fingerprint density at radius 3 is 2.34 bits per heavy atom. The average Bonchev–Trinajstić information content (AvgIpc) is 3.88. The highest BCUT2D eigenvalue weighted by Crippen LogP contribution is 2.48. The summed E-state index contributed by atoms with van der Waals surface area (Å²) in [5.74, 6) is -1.53. The van der Waals surface area contributed by atoms with Crippen LogP contribution in [0.5, 0.6) is 11.8 Å². The zero-order chi connectivity index (χ0) is 47.1. The summed E-state index contributed by atoms with van der Waals surface area (Å²) in [7, 11) is 0. The second-order valence-electron chi connectivity index (χ2n) is 19.9. The van der Waals surface area contributed by atoms with E-state index in [9.17, 15) is 32.7 Å². The lowest BCUT2D eigenvalue weighted by molar-refractivity contribution is -0.138. The summed E-state index contributed by atoms with van der Waals surface area (Å²) in [5.41, 5.74) is -0.371. The zero-order valence-electron chi connectivity index (χ0n) is 37.5. The van der Waals surface area contributed by atoms with Gasteiger partial charge in [0.25, 0.3) is 5.91 Å². The monoisotopic (exact) mass is 960 g/mol. The van der Waals surface area contributed by atoms with Crippen LogP contribution in [0.25, 0.3) is 22.2 Å². The number of imide groups is 1. The summed E-state index contributed by atoms with van der Waals surface area (Å²) >= 11 is 5.98. The summed E-state index contributed by atoms with van der Waals surface area (Å²) in [5, 5.41) is 15.7. The Labute approximate surface area is 395 Å². The highest BCUT2D eigenvalue weighted by atomic mass is 35.5. The molecule has 1 aliphatic carbocycles. The number of fused-ring (bicyclic) bond motifs is 4. The van der Waals surface area contributed by atoms with Gasteiger partial charge in [0.05, 0.1) is 22.6 Å². The molecule has 4 aromatic rings. The number of phenols is 1. The summed E-state index contributed by atoms with van der Waals surface area (Å²) in [6.45, 7) is 9.34. The third-order valence-corrected chi connectivity index (χ3v) is 15.6. The molecule has 68 heavy (non-hydrogen) atoms. The first-order valence-corrected chi connectivity index (χ1v) is 24.1. The lowest BCUT2D eigenvalue weighted by atomic mass is 9.94. The zero-order valence-corrected chi connectivity index (χ0v) is 38.2. The van der Waals surface area contributed by atoms with Crippen molar-refractivity contribution in [2.24, 2.45) is 11.3 Å². The van der Waals surface area contributed by atoms with Crippen molar-refractivity contribution in [1.82, 2.24) is 40.3 Å². The quantitative estimate of drug-likeness (QED) is 0.126. The molecule has 3 N–H and O–H groups in total. The highest BCUT2D eigenvalue weighted by Gasteiger charge is 2.46. The molecule has 2 aromatic carbocycles. The molecular formula is C48H53ClF4N10O5. The van der Waals surface area contributed by atoms with Crippen LogP contribution in [-0.4, -0.2) is 143 Å². The number of aromatic nitrogens is 3. The van der Waals surface area contributed by atoms with Crippen molar-refractivity contribution in [2.45, 2.75) is 82.2 Å². The van der Waals surface area contributed by atoms with Crippen LogP contribution in [0.3, 0.4) is 0 Å². The van der Waals surface area contributed by atoms with Gasteiger partial charge in [-0.1, -0.05) is 11.6 Å². The van der Waals surface area contributed by atoms with Crippen molar-refractivity contribution < 1.29 is 41.8 Å². The topological polar surface area (TPSA) is 160 Å². The van der Waals surface area contributed by atoms with E-state index in [0.717, 1.165) is 114 Å². The number of carbonyl (C=O) groups is 3. The number of pyridine rings is 1. The van der Waals surface area contributed by atoms with Crippen LogP contribution >= 0.6 is 11.6 Å². The Kier molecular flexibility index (Phi) is 11.6. The minimum Gasteiger partial charge on any atom is -0.508 e. The number of amides is 3. The van der Waals surface area contributed by atoms with E-state index in [-0.39, 0.29) is 52.6 Å². The van der Waals surface area contributed by atoms with Gasteiger partial charge in [0.2, 0.25) is 11.8 Å². The average molecular weight is 961 g/mol. The maximum absolute atomic E-state index is 16.7. The molecule has 3 amide bonds.